The lowest BCUT2D eigenvalue weighted by molar-refractivity contribution is 0.305. The predicted octanol–water partition coefficient (Wildman–Crippen LogP) is 4.46. The first-order valence-electron chi connectivity index (χ1n) is 6.92. The topological polar surface area (TPSA) is 21.3 Å². The van der Waals surface area contributed by atoms with Crippen LogP contribution < -0.4 is 10.1 Å². The predicted molar refractivity (Wildman–Crippen MR) is 84.4 cm³/mol. The van der Waals surface area contributed by atoms with Crippen LogP contribution in [-0.2, 0) is 0 Å². The Bertz CT molecular complexity index is 515. The van der Waals surface area contributed by atoms with Gasteiger partial charge in [0.2, 0.25) is 0 Å². The molecule has 0 aliphatic rings. The molecule has 0 saturated heterocycles. The van der Waals surface area contributed by atoms with E-state index in [-0.39, 0.29) is 0 Å². The minimum absolute atomic E-state index is 0.297. The molecule has 0 aromatic heterocycles. The minimum atomic E-state index is 0.297. The van der Waals surface area contributed by atoms with Crippen LogP contribution in [0.25, 0.3) is 0 Å². The number of para-hydroxylation sites is 1. The molecule has 0 bridgehead atoms. The van der Waals surface area contributed by atoms with Gasteiger partial charge in [-0.2, -0.15) is 0 Å². The molecule has 2 rings (SSSR count). The van der Waals surface area contributed by atoms with E-state index in [0.717, 1.165) is 30.3 Å². The summed E-state index contributed by atoms with van der Waals surface area (Å²) in [6.07, 6.45) is 0.972. The summed E-state index contributed by atoms with van der Waals surface area (Å²) in [6.45, 7) is 3.78. The third-order valence-electron chi connectivity index (χ3n) is 3.13. The van der Waals surface area contributed by atoms with Crippen LogP contribution in [0.15, 0.2) is 54.6 Å². The van der Waals surface area contributed by atoms with Crippen LogP contribution in [-0.4, -0.2) is 13.2 Å². The van der Waals surface area contributed by atoms with Crippen LogP contribution in [0.2, 0.25) is 5.02 Å². The molecule has 2 aromatic rings. The summed E-state index contributed by atoms with van der Waals surface area (Å²) in [7, 11) is 0. The van der Waals surface area contributed by atoms with Crippen LogP contribution in [0.3, 0.4) is 0 Å². The molecule has 1 N–H and O–H groups in total. The number of hydrogen-bond acceptors (Lipinski definition) is 2. The largest absolute Gasteiger partial charge is 0.494 e. The zero-order valence-corrected chi connectivity index (χ0v) is 12.4. The van der Waals surface area contributed by atoms with Gasteiger partial charge in [0.1, 0.15) is 5.75 Å². The van der Waals surface area contributed by atoms with Gasteiger partial charge < -0.3 is 10.1 Å². The second kappa shape index (κ2) is 7.93. The molecule has 0 aliphatic carbocycles. The standard InChI is InChI=1S/C17H20ClNO/c1-14(15-7-5-8-16(18)13-15)19-11-6-12-20-17-9-3-2-4-10-17/h2-5,7-10,13-14,19H,6,11-12H2,1H3/t14-/m1/s1. The summed E-state index contributed by atoms with van der Waals surface area (Å²) in [4.78, 5) is 0. The SMILES string of the molecule is C[C@@H](NCCCOc1ccccc1)c1cccc(Cl)c1. The second-order valence-corrected chi connectivity index (χ2v) is 5.18. The lowest BCUT2D eigenvalue weighted by Gasteiger charge is -2.14. The highest BCUT2D eigenvalue weighted by atomic mass is 35.5. The molecular weight excluding hydrogens is 270 g/mol. The van der Waals surface area contributed by atoms with Gasteiger partial charge in [-0.1, -0.05) is 41.9 Å². The van der Waals surface area contributed by atoms with Crippen LogP contribution in [0.5, 0.6) is 5.75 Å². The lowest BCUT2D eigenvalue weighted by Crippen LogP contribution is -2.21. The molecule has 0 spiro atoms. The van der Waals surface area contributed by atoms with E-state index >= 15 is 0 Å². The molecule has 0 radical (unpaired) electrons. The highest BCUT2D eigenvalue weighted by molar-refractivity contribution is 6.30. The van der Waals surface area contributed by atoms with Crippen molar-refractivity contribution in [3.8, 4) is 5.75 Å². The summed E-state index contributed by atoms with van der Waals surface area (Å²) in [5.74, 6) is 0.926. The Kier molecular flexibility index (Phi) is 5.90. The molecule has 0 aliphatic heterocycles. The van der Waals surface area contributed by atoms with Gasteiger partial charge in [0.25, 0.3) is 0 Å². The van der Waals surface area contributed by atoms with E-state index in [0.29, 0.717) is 6.04 Å². The fraction of sp³-hybridized carbons (Fsp3) is 0.294. The fourth-order valence-electron chi connectivity index (χ4n) is 1.99. The number of rotatable bonds is 7. The van der Waals surface area contributed by atoms with Gasteiger partial charge in [-0.05, 0) is 49.7 Å². The van der Waals surface area contributed by atoms with Crippen molar-refractivity contribution in [2.24, 2.45) is 0 Å². The van der Waals surface area contributed by atoms with E-state index in [9.17, 15) is 0 Å². The Labute approximate surface area is 125 Å². The monoisotopic (exact) mass is 289 g/mol. The summed E-state index contributed by atoms with van der Waals surface area (Å²) >= 11 is 5.99. The van der Waals surface area contributed by atoms with Crippen molar-refractivity contribution in [3.05, 3.63) is 65.2 Å². The van der Waals surface area contributed by atoms with Gasteiger partial charge in [0.15, 0.2) is 0 Å². The zero-order chi connectivity index (χ0) is 14.2. The number of halogens is 1. The van der Waals surface area contributed by atoms with E-state index in [4.69, 9.17) is 16.3 Å². The summed E-state index contributed by atoms with van der Waals surface area (Å²) in [5.41, 5.74) is 1.21. The minimum Gasteiger partial charge on any atom is -0.494 e. The number of nitrogens with one attached hydrogen (secondary N) is 1. The maximum absolute atomic E-state index is 5.99. The lowest BCUT2D eigenvalue weighted by atomic mass is 10.1. The van der Waals surface area contributed by atoms with Crippen molar-refractivity contribution in [2.45, 2.75) is 19.4 Å². The van der Waals surface area contributed by atoms with Gasteiger partial charge in [-0.15, -0.1) is 0 Å². The third kappa shape index (κ3) is 4.87. The highest BCUT2D eigenvalue weighted by Crippen LogP contribution is 2.17. The van der Waals surface area contributed by atoms with E-state index in [1.54, 1.807) is 0 Å². The number of ether oxygens (including phenoxy) is 1. The third-order valence-corrected chi connectivity index (χ3v) is 3.37. The maximum Gasteiger partial charge on any atom is 0.119 e. The Morgan fingerprint density at radius 1 is 1.10 bits per heavy atom. The molecule has 0 heterocycles. The van der Waals surface area contributed by atoms with Crippen LogP contribution in [0.1, 0.15) is 24.9 Å². The second-order valence-electron chi connectivity index (χ2n) is 4.75. The van der Waals surface area contributed by atoms with Crippen molar-refractivity contribution in [1.82, 2.24) is 5.32 Å². The molecule has 0 fully saturated rings. The zero-order valence-electron chi connectivity index (χ0n) is 11.7. The van der Waals surface area contributed by atoms with Crippen LogP contribution in [0, 0.1) is 0 Å². The Morgan fingerprint density at radius 3 is 2.65 bits per heavy atom. The molecule has 1 atom stereocenters. The molecule has 0 amide bonds. The molecule has 0 saturated carbocycles. The normalized spacial score (nSPS) is 12.1. The van der Waals surface area contributed by atoms with Crippen molar-refractivity contribution in [1.29, 1.82) is 0 Å². The highest BCUT2D eigenvalue weighted by Gasteiger charge is 2.04. The van der Waals surface area contributed by atoms with Crippen LogP contribution in [0.4, 0.5) is 0 Å². The fourth-order valence-corrected chi connectivity index (χ4v) is 2.19. The van der Waals surface area contributed by atoms with E-state index in [2.05, 4.69) is 18.3 Å². The number of hydrogen-bond donors (Lipinski definition) is 1. The Morgan fingerprint density at radius 2 is 1.90 bits per heavy atom. The first-order valence-corrected chi connectivity index (χ1v) is 7.30. The average Bonchev–Trinajstić information content (AvgIpc) is 2.48. The molecule has 0 unspecified atom stereocenters. The molecule has 106 valence electrons. The van der Waals surface area contributed by atoms with Gasteiger partial charge in [-0.3, -0.25) is 0 Å². The van der Waals surface area contributed by atoms with Gasteiger partial charge in [0, 0.05) is 11.1 Å². The van der Waals surface area contributed by atoms with E-state index in [1.165, 1.54) is 5.56 Å². The smallest absolute Gasteiger partial charge is 0.119 e. The summed E-state index contributed by atoms with van der Waals surface area (Å²) < 4.78 is 5.65. The van der Waals surface area contributed by atoms with Crippen molar-refractivity contribution < 1.29 is 4.74 Å². The number of benzene rings is 2. The first kappa shape index (κ1) is 14.9. The van der Waals surface area contributed by atoms with Gasteiger partial charge in [0.05, 0.1) is 6.61 Å². The molecule has 2 aromatic carbocycles. The molecule has 20 heavy (non-hydrogen) atoms. The van der Waals surface area contributed by atoms with E-state index in [1.807, 2.05) is 48.5 Å². The van der Waals surface area contributed by atoms with Crippen molar-refractivity contribution in [3.63, 3.8) is 0 Å². The average molecular weight is 290 g/mol. The van der Waals surface area contributed by atoms with Crippen molar-refractivity contribution in [2.75, 3.05) is 13.2 Å². The molecular formula is C17H20ClNO. The summed E-state index contributed by atoms with van der Waals surface area (Å²) in [5, 5.41) is 4.25. The Hall–Kier alpha value is -1.51. The first-order chi connectivity index (χ1) is 9.75. The van der Waals surface area contributed by atoms with Gasteiger partial charge >= 0.3 is 0 Å². The van der Waals surface area contributed by atoms with Crippen molar-refractivity contribution >= 4 is 11.6 Å². The Balaban J connectivity index is 1.66. The van der Waals surface area contributed by atoms with Gasteiger partial charge in [-0.25, -0.2) is 0 Å². The van der Waals surface area contributed by atoms with E-state index < -0.39 is 0 Å². The molecule has 3 heteroatoms. The summed E-state index contributed by atoms with van der Waals surface area (Å²) in [6, 6.07) is 18.2. The molecule has 2 nitrogen and oxygen atoms in total. The van der Waals surface area contributed by atoms with Crippen LogP contribution >= 0.6 is 11.6 Å². The quantitative estimate of drug-likeness (QED) is 0.760. The maximum atomic E-state index is 5.99.